The van der Waals surface area contributed by atoms with Gasteiger partial charge in [0.15, 0.2) is 0 Å². The number of esters is 2. The first-order valence-corrected chi connectivity index (χ1v) is 14.2. The van der Waals surface area contributed by atoms with Crippen LogP contribution in [-0.4, -0.2) is 64.3 Å². The summed E-state index contributed by atoms with van der Waals surface area (Å²) in [5, 5.41) is 5.84. The van der Waals surface area contributed by atoms with E-state index < -0.39 is 49.7 Å². The molecule has 0 amide bonds. The Kier molecular flexibility index (Phi) is 5.27. The zero-order valence-electron chi connectivity index (χ0n) is 19.9. The van der Waals surface area contributed by atoms with Crippen LogP contribution in [0.4, 0.5) is 8.78 Å². The Morgan fingerprint density at radius 2 is 1.28 bits per heavy atom. The molecule has 8 saturated carbocycles. The average Bonchev–Trinajstić information content (AvgIpc) is 2.68. The minimum atomic E-state index is -5.97. The van der Waals surface area contributed by atoms with Gasteiger partial charge in [-0.2, -0.15) is 17.2 Å². The smallest absolute Gasteiger partial charge is 0.457 e. The zero-order chi connectivity index (χ0) is 25.8. The normalized spacial score (nSPS) is 46.7. The minimum absolute atomic E-state index is 0.0202. The molecule has 0 radical (unpaired) electrons. The van der Waals surface area contributed by atoms with Crippen LogP contribution >= 0.6 is 0 Å². The van der Waals surface area contributed by atoms with Crippen molar-refractivity contribution in [2.45, 2.75) is 105 Å². The molecule has 8 bridgehead atoms. The molecule has 0 aromatic rings. The van der Waals surface area contributed by atoms with Crippen LogP contribution in [0.3, 0.4) is 0 Å². The predicted molar refractivity (Wildman–Crippen MR) is 117 cm³/mol. The van der Waals surface area contributed by atoms with Crippen molar-refractivity contribution in [3.05, 3.63) is 0 Å². The lowest BCUT2D eigenvalue weighted by molar-refractivity contribution is -0.248. The van der Waals surface area contributed by atoms with Gasteiger partial charge in [0.1, 0.15) is 17.8 Å². The second-order valence-electron chi connectivity index (χ2n) is 12.8. The van der Waals surface area contributed by atoms with E-state index in [1.165, 1.54) is 0 Å². The van der Waals surface area contributed by atoms with Crippen LogP contribution in [-0.2, 0) is 33.9 Å². The fourth-order valence-electron chi connectivity index (χ4n) is 9.48. The molecule has 12 heteroatoms. The first-order valence-electron chi connectivity index (χ1n) is 12.8. The van der Waals surface area contributed by atoms with Gasteiger partial charge in [0, 0.05) is 12.8 Å². The molecular formula is C24H32F2O9S. The maximum Gasteiger partial charge on any atom is 0.465 e. The minimum Gasteiger partial charge on any atom is -0.457 e. The van der Waals surface area contributed by atoms with Gasteiger partial charge in [-0.15, -0.1) is 0 Å². The van der Waals surface area contributed by atoms with Gasteiger partial charge in [0.2, 0.25) is 0 Å². The van der Waals surface area contributed by atoms with E-state index in [4.69, 9.17) is 18.8 Å². The summed E-state index contributed by atoms with van der Waals surface area (Å²) in [7, 11) is -5.97. The Hall–Kier alpha value is -1.37. The first kappa shape index (κ1) is 24.9. The summed E-state index contributed by atoms with van der Waals surface area (Å²) < 4.78 is 75.8. The highest BCUT2D eigenvalue weighted by Crippen LogP contribution is 2.61. The summed E-state index contributed by atoms with van der Waals surface area (Å²) >= 11 is 0. The third kappa shape index (κ3) is 4.06. The highest BCUT2D eigenvalue weighted by atomic mass is 32.2. The van der Waals surface area contributed by atoms with Crippen molar-refractivity contribution in [2.24, 2.45) is 23.7 Å². The lowest BCUT2D eigenvalue weighted by Crippen LogP contribution is -2.63. The number of rotatable bonds is 7. The van der Waals surface area contributed by atoms with Crippen LogP contribution in [0.1, 0.15) is 77.0 Å². The second-order valence-corrected chi connectivity index (χ2v) is 14.3. The highest BCUT2D eigenvalue weighted by molar-refractivity contribution is 7.87. The monoisotopic (exact) mass is 534 g/mol. The van der Waals surface area contributed by atoms with Crippen molar-refractivity contribution < 1.29 is 50.7 Å². The van der Waals surface area contributed by atoms with Crippen LogP contribution in [0.15, 0.2) is 0 Å². The lowest BCUT2D eigenvalue weighted by Gasteiger charge is -2.60. The second kappa shape index (κ2) is 7.60. The Morgan fingerprint density at radius 3 is 1.78 bits per heavy atom. The third-order valence-electron chi connectivity index (χ3n) is 9.63. The van der Waals surface area contributed by atoms with Gasteiger partial charge in [-0.1, -0.05) is 0 Å². The molecule has 0 saturated heterocycles. The van der Waals surface area contributed by atoms with Crippen molar-refractivity contribution in [1.29, 1.82) is 0 Å². The van der Waals surface area contributed by atoms with Crippen LogP contribution in [0.25, 0.3) is 0 Å². The topological polar surface area (TPSA) is 136 Å². The fraction of sp³-hybridized carbons (Fsp3) is 0.917. The molecule has 0 aromatic heterocycles. The maximum atomic E-state index is 13.9. The SMILES string of the molecule is O=C(COC12CC3CC(C1)CC(OC(=O)C(F)(F)S(=O)(=O)O)(C3)C2)OC12CC3CC(CC(O)(C3)C1)C2. The van der Waals surface area contributed by atoms with E-state index in [0.29, 0.717) is 43.9 Å². The molecule has 0 aromatic carbocycles. The Morgan fingerprint density at radius 1 is 0.806 bits per heavy atom. The molecule has 9 nitrogen and oxygen atoms in total. The summed E-state index contributed by atoms with van der Waals surface area (Å²) in [6.07, 6.45) is 7.15. The van der Waals surface area contributed by atoms with Crippen LogP contribution in [0.5, 0.6) is 0 Å². The van der Waals surface area contributed by atoms with Crippen LogP contribution < -0.4 is 0 Å². The van der Waals surface area contributed by atoms with Gasteiger partial charge in [-0.3, -0.25) is 4.55 Å². The Labute approximate surface area is 208 Å². The van der Waals surface area contributed by atoms with Gasteiger partial charge in [-0.05, 0) is 87.9 Å². The number of carbonyl (C=O) groups is 2. The molecule has 8 aliphatic rings. The molecular weight excluding hydrogens is 502 g/mol. The molecule has 202 valence electrons. The van der Waals surface area contributed by atoms with Crippen LogP contribution in [0.2, 0.25) is 0 Å². The number of aliphatic hydroxyl groups is 1. The molecule has 4 atom stereocenters. The maximum absolute atomic E-state index is 13.9. The molecule has 0 heterocycles. The Bertz CT molecular complexity index is 1060. The van der Waals surface area contributed by atoms with E-state index in [1.54, 1.807) is 0 Å². The molecule has 8 fully saturated rings. The van der Waals surface area contributed by atoms with Crippen molar-refractivity contribution in [3.8, 4) is 0 Å². The largest absolute Gasteiger partial charge is 0.465 e. The standard InChI is InChI=1S/C24H32F2O9S/c25-24(26,36(30,31)32)19(28)35-23-9-16-2-17(10-23)6-21(5-16,13-23)33-11-18(27)34-22-7-14-1-15(8-22)4-20(29,3-14)12-22/h14-17,29H,1-13H2,(H,30,31,32). The number of halogens is 2. The van der Waals surface area contributed by atoms with Crippen molar-refractivity contribution >= 4 is 22.1 Å². The molecule has 0 spiro atoms. The Balaban J connectivity index is 1.13. The number of hydrogen-bond acceptors (Lipinski definition) is 8. The number of alkyl halides is 2. The van der Waals surface area contributed by atoms with Crippen molar-refractivity contribution in [2.75, 3.05) is 6.61 Å². The molecule has 0 aliphatic heterocycles. The fourth-order valence-corrected chi connectivity index (χ4v) is 9.73. The quantitative estimate of drug-likeness (QED) is 0.373. The predicted octanol–water partition coefficient (Wildman–Crippen LogP) is 2.75. The van der Waals surface area contributed by atoms with Gasteiger partial charge in [0.25, 0.3) is 0 Å². The highest BCUT2D eigenvalue weighted by Gasteiger charge is 2.64. The average molecular weight is 535 g/mol. The molecule has 4 unspecified atom stereocenters. The van der Waals surface area contributed by atoms with Crippen LogP contribution in [0, 0.1) is 23.7 Å². The number of ether oxygens (including phenoxy) is 3. The summed E-state index contributed by atoms with van der Waals surface area (Å²) in [6.45, 7) is -0.333. The van der Waals surface area contributed by atoms with E-state index in [9.17, 15) is 31.9 Å². The van der Waals surface area contributed by atoms with Crippen molar-refractivity contribution in [3.63, 3.8) is 0 Å². The molecule has 8 aliphatic carbocycles. The van der Waals surface area contributed by atoms with Gasteiger partial charge in [-0.25, -0.2) is 9.59 Å². The summed E-state index contributed by atoms with van der Waals surface area (Å²) in [4.78, 5) is 25.0. The van der Waals surface area contributed by atoms with E-state index in [2.05, 4.69) is 0 Å². The number of hydrogen-bond donors (Lipinski definition) is 2. The summed E-state index contributed by atoms with van der Waals surface area (Å²) in [5.74, 6) is -2.08. The third-order valence-corrected chi connectivity index (χ3v) is 10.4. The molecule has 36 heavy (non-hydrogen) atoms. The zero-order valence-corrected chi connectivity index (χ0v) is 20.7. The summed E-state index contributed by atoms with van der Waals surface area (Å²) in [6, 6.07) is 0. The van der Waals surface area contributed by atoms with Gasteiger partial charge >= 0.3 is 27.3 Å². The van der Waals surface area contributed by atoms with Gasteiger partial charge < -0.3 is 19.3 Å². The lowest BCUT2D eigenvalue weighted by atomic mass is 9.52. The number of carbonyl (C=O) groups excluding carboxylic acids is 2. The summed E-state index contributed by atoms with van der Waals surface area (Å²) in [5.41, 5.74) is -3.64. The van der Waals surface area contributed by atoms with E-state index in [0.717, 1.165) is 38.5 Å². The first-order chi connectivity index (χ1) is 16.6. The molecule has 2 N–H and O–H groups in total. The van der Waals surface area contributed by atoms with E-state index in [-0.39, 0.29) is 24.9 Å². The molecule has 8 rings (SSSR count). The van der Waals surface area contributed by atoms with Gasteiger partial charge in [0.05, 0.1) is 11.2 Å². The van der Waals surface area contributed by atoms with E-state index >= 15 is 0 Å². The van der Waals surface area contributed by atoms with Crippen molar-refractivity contribution in [1.82, 2.24) is 0 Å². The van der Waals surface area contributed by atoms with E-state index in [1.807, 2.05) is 0 Å².